The zero-order valence-corrected chi connectivity index (χ0v) is 9.33. The lowest BCUT2D eigenvalue weighted by Gasteiger charge is -2.22. The van der Waals surface area contributed by atoms with Crippen LogP contribution < -0.4 is 0 Å². The summed E-state index contributed by atoms with van der Waals surface area (Å²) in [7, 11) is -2.66. The summed E-state index contributed by atoms with van der Waals surface area (Å²) in [6.07, 6.45) is 3.06. The largest absolute Gasteiger partial charge is 0.229 e. The van der Waals surface area contributed by atoms with Gasteiger partial charge in [0.2, 0.25) is 0 Å². The minimum absolute atomic E-state index is 0.425. The quantitative estimate of drug-likeness (QED) is 0.665. The highest BCUT2D eigenvalue weighted by Gasteiger charge is 2.54. The predicted molar refractivity (Wildman–Crippen MR) is 52.2 cm³/mol. The lowest BCUT2D eigenvalue weighted by molar-refractivity contribution is 0.416. The van der Waals surface area contributed by atoms with Gasteiger partial charge in [-0.3, -0.25) is 0 Å². The second kappa shape index (κ2) is 2.71. The zero-order chi connectivity index (χ0) is 8.82. The fraction of sp³-hybridized carbons (Fsp3) is 1.00. The summed E-state index contributed by atoms with van der Waals surface area (Å²) in [6.45, 7) is 0. The maximum Gasteiger partial charge on any atom is 0.150 e. The van der Waals surface area contributed by atoms with Gasteiger partial charge in [-0.15, -0.1) is 0 Å². The third-order valence-electron chi connectivity index (χ3n) is 3.37. The van der Waals surface area contributed by atoms with Crippen LogP contribution in [0.4, 0.5) is 0 Å². The highest BCUT2D eigenvalue weighted by molar-refractivity contribution is 9.09. The molecule has 2 aliphatic rings. The molecule has 0 bridgehead atoms. The van der Waals surface area contributed by atoms with Crippen LogP contribution in [0.1, 0.15) is 19.3 Å². The molecule has 1 aliphatic carbocycles. The summed E-state index contributed by atoms with van der Waals surface area (Å²) in [4.78, 5) is 0. The van der Waals surface area contributed by atoms with E-state index in [-0.39, 0.29) is 0 Å². The van der Waals surface area contributed by atoms with E-state index in [1.807, 2.05) is 0 Å². The molecular weight excluding hydrogens is 240 g/mol. The van der Waals surface area contributed by atoms with Gasteiger partial charge in [-0.05, 0) is 30.6 Å². The van der Waals surface area contributed by atoms with E-state index >= 15 is 0 Å². The topological polar surface area (TPSA) is 34.1 Å². The van der Waals surface area contributed by atoms with E-state index in [0.717, 1.165) is 24.1 Å². The molecule has 0 radical (unpaired) electrons. The molecule has 70 valence electrons. The standard InChI is InChI=1S/C8H13BrO2S/c9-6-7-5-8(7)1-3-12(10,11)4-2-8/h7H,1-6H2. The molecule has 0 aromatic heterocycles. The van der Waals surface area contributed by atoms with Gasteiger partial charge in [0.15, 0.2) is 0 Å². The molecule has 0 amide bonds. The van der Waals surface area contributed by atoms with E-state index in [0.29, 0.717) is 16.9 Å². The summed E-state index contributed by atoms with van der Waals surface area (Å²) in [5, 5.41) is 1.05. The Hall–Kier alpha value is 0.430. The van der Waals surface area contributed by atoms with Crippen molar-refractivity contribution in [1.82, 2.24) is 0 Å². The number of sulfone groups is 1. The summed E-state index contributed by atoms with van der Waals surface area (Å²) >= 11 is 3.47. The van der Waals surface area contributed by atoms with Crippen LogP contribution in [0.15, 0.2) is 0 Å². The van der Waals surface area contributed by atoms with E-state index in [2.05, 4.69) is 15.9 Å². The summed E-state index contributed by atoms with van der Waals surface area (Å²) in [6, 6.07) is 0. The fourth-order valence-electron chi connectivity index (χ4n) is 2.21. The average molecular weight is 253 g/mol. The number of halogens is 1. The average Bonchev–Trinajstić information content (AvgIpc) is 2.72. The SMILES string of the molecule is O=S1(=O)CCC2(CC1)CC2CBr. The minimum atomic E-state index is -2.66. The van der Waals surface area contributed by atoms with Crippen molar-refractivity contribution in [3.05, 3.63) is 0 Å². The Balaban J connectivity index is 2.01. The molecule has 2 rings (SSSR count). The molecule has 1 saturated heterocycles. The maximum atomic E-state index is 11.1. The lowest BCUT2D eigenvalue weighted by atomic mass is 9.97. The molecule has 1 aliphatic heterocycles. The Morgan fingerprint density at radius 3 is 2.33 bits per heavy atom. The molecule has 4 heteroatoms. The van der Waals surface area contributed by atoms with Crippen molar-refractivity contribution in [3.8, 4) is 0 Å². The van der Waals surface area contributed by atoms with Crippen molar-refractivity contribution in [2.24, 2.45) is 11.3 Å². The van der Waals surface area contributed by atoms with Gasteiger partial charge >= 0.3 is 0 Å². The smallest absolute Gasteiger partial charge is 0.150 e. The van der Waals surface area contributed by atoms with E-state index in [9.17, 15) is 8.42 Å². The second-order valence-electron chi connectivity index (χ2n) is 4.07. The number of hydrogen-bond donors (Lipinski definition) is 0. The molecule has 1 saturated carbocycles. The van der Waals surface area contributed by atoms with Crippen LogP contribution in [0, 0.1) is 11.3 Å². The molecule has 1 atom stereocenters. The van der Waals surface area contributed by atoms with E-state index in [4.69, 9.17) is 0 Å². The van der Waals surface area contributed by atoms with Crippen LogP contribution in [0.25, 0.3) is 0 Å². The van der Waals surface area contributed by atoms with Crippen molar-refractivity contribution < 1.29 is 8.42 Å². The van der Waals surface area contributed by atoms with Gasteiger partial charge in [-0.25, -0.2) is 8.42 Å². The molecule has 1 spiro atoms. The molecule has 0 N–H and O–H groups in total. The Morgan fingerprint density at radius 1 is 1.33 bits per heavy atom. The van der Waals surface area contributed by atoms with Crippen LogP contribution >= 0.6 is 15.9 Å². The van der Waals surface area contributed by atoms with Crippen LogP contribution in [-0.4, -0.2) is 25.3 Å². The van der Waals surface area contributed by atoms with Crippen molar-refractivity contribution in [2.75, 3.05) is 16.8 Å². The highest BCUT2D eigenvalue weighted by Crippen LogP contribution is 2.60. The van der Waals surface area contributed by atoms with Crippen molar-refractivity contribution in [3.63, 3.8) is 0 Å². The van der Waals surface area contributed by atoms with E-state index < -0.39 is 9.84 Å². The van der Waals surface area contributed by atoms with Crippen LogP contribution in [-0.2, 0) is 9.84 Å². The van der Waals surface area contributed by atoms with E-state index in [1.165, 1.54) is 6.42 Å². The van der Waals surface area contributed by atoms with Crippen LogP contribution in [0.5, 0.6) is 0 Å². The van der Waals surface area contributed by atoms with Crippen LogP contribution in [0.3, 0.4) is 0 Å². The van der Waals surface area contributed by atoms with Crippen molar-refractivity contribution in [2.45, 2.75) is 19.3 Å². The fourth-order valence-corrected chi connectivity index (χ4v) is 4.76. The van der Waals surface area contributed by atoms with Crippen molar-refractivity contribution in [1.29, 1.82) is 0 Å². The summed E-state index contributed by atoms with van der Waals surface area (Å²) in [5.41, 5.74) is 0.425. The van der Waals surface area contributed by atoms with E-state index in [1.54, 1.807) is 0 Å². The first-order valence-corrected chi connectivity index (χ1v) is 7.29. The third kappa shape index (κ3) is 1.43. The zero-order valence-electron chi connectivity index (χ0n) is 6.92. The van der Waals surface area contributed by atoms with Gasteiger partial charge in [0.05, 0.1) is 11.5 Å². The molecule has 2 nitrogen and oxygen atoms in total. The van der Waals surface area contributed by atoms with Crippen LogP contribution in [0.2, 0.25) is 0 Å². The Morgan fingerprint density at radius 2 is 1.92 bits per heavy atom. The van der Waals surface area contributed by atoms with Gasteiger partial charge < -0.3 is 0 Å². The number of rotatable bonds is 1. The summed E-state index contributed by atoms with van der Waals surface area (Å²) in [5.74, 6) is 1.61. The monoisotopic (exact) mass is 252 g/mol. The first-order valence-electron chi connectivity index (χ1n) is 4.34. The molecule has 0 aromatic rings. The first kappa shape index (κ1) is 9.00. The summed E-state index contributed by atoms with van der Waals surface area (Å²) < 4.78 is 22.3. The normalized spacial score (nSPS) is 36.6. The first-order chi connectivity index (χ1) is 5.58. The molecule has 1 unspecified atom stereocenters. The number of alkyl halides is 1. The number of hydrogen-bond acceptors (Lipinski definition) is 2. The Labute approximate surface area is 81.8 Å². The second-order valence-corrected chi connectivity index (χ2v) is 7.02. The molecule has 12 heavy (non-hydrogen) atoms. The Bertz CT molecular complexity index is 269. The minimum Gasteiger partial charge on any atom is -0.229 e. The van der Waals surface area contributed by atoms with Gasteiger partial charge in [-0.1, -0.05) is 15.9 Å². The molecule has 0 aromatic carbocycles. The van der Waals surface area contributed by atoms with Gasteiger partial charge in [0, 0.05) is 5.33 Å². The highest BCUT2D eigenvalue weighted by atomic mass is 79.9. The lowest BCUT2D eigenvalue weighted by Crippen LogP contribution is -2.25. The third-order valence-corrected chi connectivity index (χ3v) is 5.80. The Kier molecular flexibility index (Phi) is 2.03. The van der Waals surface area contributed by atoms with Gasteiger partial charge in [-0.2, -0.15) is 0 Å². The maximum absolute atomic E-state index is 11.1. The van der Waals surface area contributed by atoms with Gasteiger partial charge in [0.25, 0.3) is 0 Å². The molecular formula is C8H13BrO2S. The van der Waals surface area contributed by atoms with Gasteiger partial charge in [0.1, 0.15) is 9.84 Å². The molecule has 2 fully saturated rings. The molecule has 1 heterocycles. The predicted octanol–water partition coefficient (Wildman–Crippen LogP) is 1.60. The van der Waals surface area contributed by atoms with Crippen molar-refractivity contribution >= 4 is 25.8 Å².